The molecule has 218 valence electrons. The van der Waals surface area contributed by atoms with Crippen molar-refractivity contribution in [2.24, 2.45) is 0 Å². The second-order valence-electron chi connectivity index (χ2n) is 14.1. The van der Waals surface area contributed by atoms with E-state index in [0.717, 1.165) is 22.3 Å². The van der Waals surface area contributed by atoms with E-state index in [0.29, 0.717) is 11.1 Å². The molecule has 0 bridgehead atoms. The van der Waals surface area contributed by atoms with Crippen LogP contribution in [0.4, 0.5) is 0 Å². The van der Waals surface area contributed by atoms with Gasteiger partial charge in [-0.3, -0.25) is 4.52 Å². The predicted molar refractivity (Wildman–Crippen MR) is 162 cm³/mol. The number of hydrogen-bond donors (Lipinski definition) is 3. The molecule has 0 saturated heterocycles. The second-order valence-corrected chi connectivity index (χ2v) is 16.9. The Morgan fingerprint density at radius 3 is 1.21 bits per heavy atom. The quantitative estimate of drug-likeness (QED) is 0.238. The number of phosphoric ester groups is 1. The fourth-order valence-electron chi connectivity index (χ4n) is 4.37. The third-order valence-electron chi connectivity index (χ3n) is 6.47. The minimum Gasteiger partial charge on any atom is -0.302 e. The first-order valence-electron chi connectivity index (χ1n) is 12.8. The number of rotatable bonds is 6. The lowest BCUT2D eigenvalue weighted by Crippen LogP contribution is -2.24. The maximum Gasteiger partial charge on any atom is 0.482 e. The maximum absolute atomic E-state index is 13.0. The summed E-state index contributed by atoms with van der Waals surface area (Å²) in [7, 11) is -10.5. The zero-order chi connectivity index (χ0) is 29.7. The minimum absolute atomic E-state index is 0. The van der Waals surface area contributed by atoms with Crippen molar-refractivity contribution in [3.8, 4) is 0 Å². The lowest BCUT2D eigenvalue weighted by atomic mass is 9.74. The van der Waals surface area contributed by atoms with Crippen LogP contribution in [0.2, 0.25) is 0 Å². The highest BCUT2D eigenvalue weighted by Crippen LogP contribution is 2.61. The van der Waals surface area contributed by atoms with Gasteiger partial charge in [-0.05, 0) is 55.0 Å². The molecule has 0 heterocycles. The molecule has 10 heteroatoms. The molecular formula is C29H48MgO7P2. The monoisotopic (exact) mass is 594 g/mol. The Kier molecular flexibility index (Phi) is 11.2. The Morgan fingerprint density at radius 1 is 0.615 bits per heavy atom. The summed E-state index contributed by atoms with van der Waals surface area (Å²) < 4.78 is 34.5. The van der Waals surface area contributed by atoms with Gasteiger partial charge in [-0.25, -0.2) is 9.13 Å². The van der Waals surface area contributed by atoms with Crippen molar-refractivity contribution in [3.63, 3.8) is 0 Å². The predicted octanol–water partition coefficient (Wildman–Crippen LogP) is 7.28. The molecule has 0 radical (unpaired) electrons. The van der Waals surface area contributed by atoms with E-state index in [-0.39, 0.29) is 44.7 Å². The first-order valence-corrected chi connectivity index (χ1v) is 15.8. The van der Waals surface area contributed by atoms with Gasteiger partial charge in [0, 0.05) is 0 Å². The van der Waals surface area contributed by atoms with E-state index in [1.165, 1.54) is 0 Å². The van der Waals surface area contributed by atoms with Gasteiger partial charge in [0.1, 0.15) is 6.10 Å². The molecule has 0 amide bonds. The van der Waals surface area contributed by atoms with Gasteiger partial charge in [0.15, 0.2) is 0 Å². The summed E-state index contributed by atoms with van der Waals surface area (Å²) in [5.74, 6) is 0. The highest BCUT2D eigenvalue weighted by molar-refractivity contribution is 7.60. The molecule has 7 nitrogen and oxygen atoms in total. The van der Waals surface area contributed by atoms with Gasteiger partial charge >= 0.3 is 38.7 Å². The normalized spacial score (nSPS) is 15.2. The highest BCUT2D eigenvalue weighted by Gasteiger charge is 2.39. The van der Waals surface area contributed by atoms with E-state index in [1.54, 1.807) is 0 Å². The Morgan fingerprint density at radius 2 is 0.949 bits per heavy atom. The molecule has 1 atom stereocenters. The van der Waals surface area contributed by atoms with Gasteiger partial charge in [-0.2, -0.15) is 4.31 Å². The molecule has 2 aromatic rings. The van der Waals surface area contributed by atoms with Gasteiger partial charge in [-0.1, -0.05) is 119 Å². The van der Waals surface area contributed by atoms with Crippen molar-refractivity contribution in [2.75, 3.05) is 0 Å². The molecule has 0 saturated carbocycles. The molecule has 0 aliphatic carbocycles. The zero-order valence-electron chi connectivity index (χ0n) is 24.9. The van der Waals surface area contributed by atoms with Gasteiger partial charge in [0.05, 0.1) is 0 Å². The van der Waals surface area contributed by atoms with Gasteiger partial charge in [0.25, 0.3) is 0 Å². The summed E-state index contributed by atoms with van der Waals surface area (Å²) in [6.45, 7) is 25.0. The van der Waals surface area contributed by atoms with Crippen LogP contribution >= 0.6 is 15.6 Å². The molecule has 0 aliphatic heterocycles. The Labute approximate surface area is 251 Å². The second kappa shape index (κ2) is 12.0. The van der Waals surface area contributed by atoms with Crippen molar-refractivity contribution >= 4 is 38.7 Å². The maximum atomic E-state index is 13.0. The SMILES string of the molecule is CC(C)(C)c1ccc(C(OP(=O)(O)OP(=O)(O)O)c2ccc(C(C)(C)C)cc2C(C)(C)C)c(C(C)(C)C)c1.[MgH2]. The molecule has 0 spiro atoms. The molecule has 2 aromatic carbocycles. The van der Waals surface area contributed by atoms with Crippen LogP contribution in [-0.2, 0) is 39.6 Å². The third kappa shape index (κ3) is 10.1. The van der Waals surface area contributed by atoms with Crippen molar-refractivity contribution in [1.82, 2.24) is 0 Å². The van der Waals surface area contributed by atoms with Crippen LogP contribution in [0.25, 0.3) is 0 Å². The van der Waals surface area contributed by atoms with Gasteiger partial charge in [0.2, 0.25) is 0 Å². The van der Waals surface area contributed by atoms with Crippen LogP contribution < -0.4 is 0 Å². The van der Waals surface area contributed by atoms with E-state index >= 15 is 0 Å². The number of benzene rings is 2. The summed E-state index contributed by atoms with van der Waals surface area (Å²) in [4.78, 5) is 29.1. The minimum atomic E-state index is -5.31. The molecule has 0 aliphatic rings. The van der Waals surface area contributed by atoms with E-state index < -0.39 is 21.7 Å². The lowest BCUT2D eigenvalue weighted by Gasteiger charge is -2.34. The standard InChI is InChI=1S/C29H46O7P2.Mg.2H/c1-26(2,3)19-13-15-21(23(17-19)28(7,8)9)25(35-38(33,34)36-37(30,31)32)22-16-14-20(27(4,5)6)18-24(22)29(10,11)12;;;/h13-18,25H,1-12H3,(H,33,34)(H2,30,31,32);;;. The Hall–Kier alpha value is -0.534. The fraction of sp³-hybridized carbons (Fsp3) is 0.586. The molecule has 0 fully saturated rings. The summed E-state index contributed by atoms with van der Waals surface area (Å²) in [5.41, 5.74) is 4.17. The molecule has 1 unspecified atom stereocenters. The van der Waals surface area contributed by atoms with Crippen molar-refractivity contribution in [3.05, 3.63) is 69.8 Å². The van der Waals surface area contributed by atoms with E-state index in [2.05, 4.69) is 58.0 Å². The van der Waals surface area contributed by atoms with Crippen LogP contribution in [0.5, 0.6) is 0 Å². The molecule has 39 heavy (non-hydrogen) atoms. The summed E-state index contributed by atoms with van der Waals surface area (Å²) in [5, 5.41) is 0. The van der Waals surface area contributed by atoms with Crippen LogP contribution in [-0.4, -0.2) is 37.7 Å². The summed E-state index contributed by atoms with van der Waals surface area (Å²) in [6.07, 6.45) is -1.14. The topological polar surface area (TPSA) is 113 Å². The number of hydrogen-bond acceptors (Lipinski definition) is 4. The van der Waals surface area contributed by atoms with E-state index in [9.17, 15) is 23.8 Å². The molecule has 3 N–H and O–H groups in total. The van der Waals surface area contributed by atoms with Crippen LogP contribution in [0.1, 0.15) is 123 Å². The van der Waals surface area contributed by atoms with E-state index in [4.69, 9.17) is 4.52 Å². The highest BCUT2D eigenvalue weighted by atomic mass is 31.3. The third-order valence-corrected chi connectivity index (χ3v) is 8.62. The summed E-state index contributed by atoms with van der Waals surface area (Å²) >= 11 is 0. The Bertz CT molecular complexity index is 1180. The molecule has 2 rings (SSSR count). The fourth-order valence-corrected chi connectivity index (χ4v) is 6.09. The zero-order valence-corrected chi connectivity index (χ0v) is 26.7. The largest absolute Gasteiger partial charge is 0.482 e. The average Bonchev–Trinajstić information content (AvgIpc) is 2.67. The lowest BCUT2D eigenvalue weighted by molar-refractivity contribution is 0.145. The first-order chi connectivity index (χ1) is 16.7. The van der Waals surface area contributed by atoms with Gasteiger partial charge in [-0.15, -0.1) is 0 Å². The Balaban J connectivity index is 0.00000760. The van der Waals surface area contributed by atoms with Crippen molar-refractivity contribution < 1.29 is 32.6 Å². The smallest absolute Gasteiger partial charge is 0.302 e. The average molecular weight is 595 g/mol. The van der Waals surface area contributed by atoms with Crippen LogP contribution in [0.3, 0.4) is 0 Å². The summed E-state index contributed by atoms with van der Waals surface area (Å²) in [6, 6.07) is 11.9. The van der Waals surface area contributed by atoms with Crippen LogP contribution in [0.15, 0.2) is 36.4 Å². The van der Waals surface area contributed by atoms with Crippen LogP contribution in [0, 0.1) is 0 Å². The number of phosphoric acid groups is 2. The van der Waals surface area contributed by atoms with E-state index in [1.807, 2.05) is 65.8 Å². The molecular weight excluding hydrogens is 547 g/mol. The molecule has 0 aromatic heterocycles. The van der Waals surface area contributed by atoms with Crippen molar-refractivity contribution in [1.29, 1.82) is 0 Å². The van der Waals surface area contributed by atoms with Gasteiger partial charge < -0.3 is 14.7 Å². The van der Waals surface area contributed by atoms with Crippen molar-refractivity contribution in [2.45, 2.75) is 111 Å². The first kappa shape index (κ1) is 36.5.